The van der Waals surface area contributed by atoms with Gasteiger partial charge in [-0.1, -0.05) is 12.1 Å². The molecule has 0 spiro atoms. The van der Waals surface area contributed by atoms with Crippen molar-refractivity contribution in [1.82, 2.24) is 14.3 Å². The van der Waals surface area contributed by atoms with Crippen LogP contribution in [0.3, 0.4) is 0 Å². The molecule has 5 rings (SSSR count). The van der Waals surface area contributed by atoms with Gasteiger partial charge in [0.25, 0.3) is 0 Å². The van der Waals surface area contributed by atoms with Crippen LogP contribution in [-0.4, -0.2) is 48.8 Å². The van der Waals surface area contributed by atoms with Crippen molar-refractivity contribution in [2.75, 3.05) is 25.5 Å². The number of carbonyl (C=O) groups excluding carboxylic acids is 1. The van der Waals surface area contributed by atoms with Crippen LogP contribution < -0.4 is 10.1 Å². The maximum Gasteiger partial charge on any atom is 0.243 e. The molecule has 1 aliphatic heterocycles. The van der Waals surface area contributed by atoms with Gasteiger partial charge < -0.3 is 15.0 Å². The van der Waals surface area contributed by atoms with Gasteiger partial charge in [-0.3, -0.25) is 4.79 Å². The number of benzene rings is 3. The van der Waals surface area contributed by atoms with Crippen LogP contribution in [0.5, 0.6) is 5.75 Å². The Kier molecular flexibility index (Phi) is 6.27. The van der Waals surface area contributed by atoms with Crippen LogP contribution in [0.2, 0.25) is 0 Å². The number of amides is 1. The number of hydrogen-bond donors (Lipinski definition) is 2. The smallest absolute Gasteiger partial charge is 0.243 e. The zero-order valence-electron chi connectivity index (χ0n) is 19.3. The summed E-state index contributed by atoms with van der Waals surface area (Å²) in [5, 5.41) is 2.96. The first-order valence-electron chi connectivity index (χ1n) is 11.4. The van der Waals surface area contributed by atoms with Crippen LogP contribution in [0.25, 0.3) is 22.4 Å². The molecule has 2 heterocycles. The van der Waals surface area contributed by atoms with Gasteiger partial charge >= 0.3 is 0 Å². The summed E-state index contributed by atoms with van der Waals surface area (Å²) in [6, 6.07) is 21.7. The molecule has 1 amide bonds. The van der Waals surface area contributed by atoms with Crippen molar-refractivity contribution in [1.29, 1.82) is 0 Å². The lowest BCUT2D eigenvalue weighted by atomic mass is 9.97. The van der Waals surface area contributed by atoms with Crippen LogP contribution in [0.4, 0.5) is 5.69 Å². The third-order valence-electron chi connectivity index (χ3n) is 6.34. The van der Waals surface area contributed by atoms with Gasteiger partial charge in [0, 0.05) is 30.3 Å². The van der Waals surface area contributed by atoms with E-state index in [2.05, 4.69) is 15.3 Å². The number of ether oxygens (including phenoxy) is 1. The number of sulfonamides is 1. The lowest BCUT2D eigenvalue weighted by Gasteiger charge is -2.30. The molecule has 0 radical (unpaired) electrons. The first kappa shape index (κ1) is 23.1. The quantitative estimate of drug-likeness (QED) is 0.420. The third-order valence-corrected chi connectivity index (χ3v) is 8.25. The molecule has 1 fully saturated rings. The maximum absolute atomic E-state index is 12.9. The number of carbonyl (C=O) groups is 1. The maximum atomic E-state index is 12.9. The Morgan fingerprint density at radius 2 is 1.69 bits per heavy atom. The van der Waals surface area contributed by atoms with Gasteiger partial charge in [0.1, 0.15) is 11.6 Å². The highest BCUT2D eigenvalue weighted by molar-refractivity contribution is 7.89. The highest BCUT2D eigenvalue weighted by Gasteiger charge is 2.32. The molecule has 1 aromatic heterocycles. The van der Waals surface area contributed by atoms with E-state index < -0.39 is 10.0 Å². The van der Waals surface area contributed by atoms with E-state index in [-0.39, 0.29) is 16.7 Å². The Morgan fingerprint density at radius 1 is 1.00 bits per heavy atom. The molecule has 0 atom stereocenters. The number of para-hydroxylation sites is 2. The highest BCUT2D eigenvalue weighted by Crippen LogP contribution is 2.27. The Bertz CT molecular complexity index is 1410. The molecule has 35 heavy (non-hydrogen) atoms. The number of fused-ring (bicyclic) bond motifs is 1. The number of methoxy groups -OCH3 is 1. The summed E-state index contributed by atoms with van der Waals surface area (Å²) >= 11 is 0. The van der Waals surface area contributed by atoms with Crippen molar-refractivity contribution in [3.8, 4) is 17.1 Å². The Balaban J connectivity index is 1.19. The molecule has 2 N–H and O–H groups in total. The summed E-state index contributed by atoms with van der Waals surface area (Å²) < 4.78 is 32.4. The minimum Gasteiger partial charge on any atom is -0.497 e. The van der Waals surface area contributed by atoms with Crippen molar-refractivity contribution in [3.63, 3.8) is 0 Å². The lowest BCUT2D eigenvalue weighted by molar-refractivity contribution is -0.120. The minimum absolute atomic E-state index is 0.0945. The molecule has 0 unspecified atom stereocenters. The second-order valence-electron chi connectivity index (χ2n) is 8.52. The number of aromatic amines is 1. The van der Waals surface area contributed by atoms with Crippen LogP contribution in [-0.2, 0) is 14.8 Å². The molecule has 4 aromatic rings. The van der Waals surface area contributed by atoms with E-state index >= 15 is 0 Å². The molecule has 0 bridgehead atoms. The summed E-state index contributed by atoms with van der Waals surface area (Å²) in [5.41, 5.74) is 3.50. The van der Waals surface area contributed by atoms with E-state index in [1.165, 1.54) is 11.4 Å². The Hall–Kier alpha value is -3.69. The zero-order chi connectivity index (χ0) is 24.4. The van der Waals surface area contributed by atoms with Gasteiger partial charge in [0.2, 0.25) is 15.9 Å². The van der Waals surface area contributed by atoms with Crippen LogP contribution in [0.15, 0.2) is 77.7 Å². The number of anilines is 1. The number of nitrogens with one attached hydrogen (secondary N) is 2. The molecule has 8 nitrogen and oxygen atoms in total. The van der Waals surface area contributed by atoms with Crippen molar-refractivity contribution in [2.45, 2.75) is 17.7 Å². The molecule has 9 heteroatoms. The normalized spacial score (nSPS) is 15.2. The van der Waals surface area contributed by atoms with Gasteiger partial charge in [0.15, 0.2) is 0 Å². The molecule has 1 saturated heterocycles. The molecular formula is C26H26N4O4S. The molecule has 1 aliphatic rings. The Labute approximate surface area is 204 Å². The average molecular weight is 491 g/mol. The van der Waals surface area contributed by atoms with Crippen LogP contribution in [0.1, 0.15) is 12.8 Å². The number of rotatable bonds is 6. The van der Waals surface area contributed by atoms with Gasteiger partial charge in [0.05, 0.1) is 23.0 Å². The zero-order valence-corrected chi connectivity index (χ0v) is 20.1. The number of imidazole rings is 1. The van der Waals surface area contributed by atoms with E-state index in [0.29, 0.717) is 37.4 Å². The summed E-state index contributed by atoms with van der Waals surface area (Å²) in [6.45, 7) is 0.606. The van der Waals surface area contributed by atoms with Crippen molar-refractivity contribution in [3.05, 3.63) is 72.8 Å². The Morgan fingerprint density at radius 3 is 2.34 bits per heavy atom. The first-order chi connectivity index (χ1) is 16.9. The summed E-state index contributed by atoms with van der Waals surface area (Å²) in [4.78, 5) is 21.0. The van der Waals surface area contributed by atoms with E-state index in [4.69, 9.17) is 4.74 Å². The van der Waals surface area contributed by atoms with E-state index in [1.54, 1.807) is 24.3 Å². The highest BCUT2D eigenvalue weighted by atomic mass is 32.2. The second kappa shape index (κ2) is 9.52. The third kappa shape index (κ3) is 4.78. The fourth-order valence-corrected chi connectivity index (χ4v) is 5.77. The largest absolute Gasteiger partial charge is 0.497 e. The first-order valence-corrected chi connectivity index (χ1v) is 12.9. The molecule has 0 saturated carbocycles. The number of aromatic nitrogens is 2. The van der Waals surface area contributed by atoms with Crippen molar-refractivity contribution < 1.29 is 17.9 Å². The standard InChI is InChI=1S/C26H26N4O4S/c1-34-21-10-12-22(13-11-21)35(32,33)30-16-14-19(15-17-30)26(31)27-20-8-6-18(7-9-20)25-28-23-4-2-3-5-24(23)29-25/h2-13,19H,14-17H2,1H3,(H,27,31)(H,28,29). The van der Waals surface area contributed by atoms with Crippen molar-refractivity contribution >= 4 is 32.7 Å². The van der Waals surface area contributed by atoms with Crippen LogP contribution >= 0.6 is 0 Å². The number of piperidine rings is 1. The molecule has 0 aliphatic carbocycles. The van der Waals surface area contributed by atoms with Crippen molar-refractivity contribution in [2.24, 2.45) is 5.92 Å². The predicted octanol–water partition coefficient (Wildman–Crippen LogP) is 4.28. The van der Waals surface area contributed by atoms with E-state index in [1.807, 2.05) is 48.5 Å². The summed E-state index contributed by atoms with van der Waals surface area (Å²) in [7, 11) is -2.06. The van der Waals surface area contributed by atoms with Gasteiger partial charge in [-0.25, -0.2) is 13.4 Å². The van der Waals surface area contributed by atoms with E-state index in [9.17, 15) is 13.2 Å². The van der Waals surface area contributed by atoms with Crippen LogP contribution in [0, 0.1) is 5.92 Å². The molecular weight excluding hydrogens is 464 g/mol. The fraction of sp³-hybridized carbons (Fsp3) is 0.231. The average Bonchev–Trinajstić information content (AvgIpc) is 3.33. The van der Waals surface area contributed by atoms with Gasteiger partial charge in [-0.15, -0.1) is 0 Å². The summed E-state index contributed by atoms with van der Waals surface area (Å²) in [5.74, 6) is 1.04. The number of H-pyrrole nitrogens is 1. The molecule has 180 valence electrons. The second-order valence-corrected chi connectivity index (χ2v) is 10.5. The monoisotopic (exact) mass is 490 g/mol. The van der Waals surface area contributed by atoms with Gasteiger partial charge in [-0.05, 0) is 73.5 Å². The minimum atomic E-state index is -3.60. The lowest BCUT2D eigenvalue weighted by Crippen LogP contribution is -2.41. The number of hydrogen-bond acceptors (Lipinski definition) is 5. The SMILES string of the molecule is COc1ccc(S(=O)(=O)N2CCC(C(=O)Nc3ccc(-c4nc5ccccc5[nH]4)cc3)CC2)cc1. The fourth-order valence-electron chi connectivity index (χ4n) is 4.30. The number of nitrogens with zero attached hydrogens (tertiary/aromatic N) is 2. The van der Waals surface area contributed by atoms with Gasteiger partial charge in [-0.2, -0.15) is 4.31 Å². The summed E-state index contributed by atoms with van der Waals surface area (Å²) in [6.07, 6.45) is 0.941. The predicted molar refractivity (Wildman–Crippen MR) is 135 cm³/mol. The van der Waals surface area contributed by atoms with E-state index in [0.717, 1.165) is 22.4 Å². The topological polar surface area (TPSA) is 104 Å². The molecule has 3 aromatic carbocycles.